The molecule has 0 saturated carbocycles. The molecule has 0 radical (unpaired) electrons. The molecule has 2 aromatic rings. The van der Waals surface area contributed by atoms with Crippen molar-refractivity contribution in [1.82, 2.24) is 15.1 Å². The van der Waals surface area contributed by atoms with Gasteiger partial charge >= 0.3 is 0 Å². The van der Waals surface area contributed by atoms with Gasteiger partial charge in [0.1, 0.15) is 5.75 Å². The van der Waals surface area contributed by atoms with Crippen molar-refractivity contribution in [2.45, 2.75) is 57.0 Å². The summed E-state index contributed by atoms with van der Waals surface area (Å²) in [5.41, 5.74) is 2.48. The summed E-state index contributed by atoms with van der Waals surface area (Å²) in [5, 5.41) is 3.75. The maximum Gasteiger partial charge on any atom is 0.229 e. The third kappa shape index (κ3) is 7.05. The summed E-state index contributed by atoms with van der Waals surface area (Å²) in [7, 11) is 1.69. The summed E-state index contributed by atoms with van der Waals surface area (Å²) < 4.78 is 11.0. The van der Waals surface area contributed by atoms with Gasteiger partial charge in [0, 0.05) is 51.4 Å². The van der Waals surface area contributed by atoms with Crippen LogP contribution in [0.4, 0.5) is 0 Å². The van der Waals surface area contributed by atoms with Gasteiger partial charge in [-0.25, -0.2) is 0 Å². The Bertz CT molecular complexity index is 1090. The molecule has 4 heterocycles. The summed E-state index contributed by atoms with van der Waals surface area (Å²) >= 11 is 0. The molecule has 1 N–H and O–H groups in total. The second-order valence-corrected chi connectivity index (χ2v) is 12.3. The number of amides is 1. The molecular weight excluding hydrogens is 557 g/mol. The van der Waals surface area contributed by atoms with Crippen molar-refractivity contribution in [2.24, 2.45) is 17.3 Å². The van der Waals surface area contributed by atoms with E-state index in [9.17, 15) is 4.79 Å². The minimum atomic E-state index is -0.168. The Morgan fingerprint density at radius 3 is 2.32 bits per heavy atom. The molecular formula is C33H47Cl2N3O3. The van der Waals surface area contributed by atoms with E-state index in [-0.39, 0.29) is 30.2 Å². The van der Waals surface area contributed by atoms with Crippen LogP contribution < -0.4 is 10.1 Å². The number of methoxy groups -OCH3 is 1. The van der Waals surface area contributed by atoms with Gasteiger partial charge in [0.25, 0.3) is 0 Å². The third-order valence-corrected chi connectivity index (χ3v) is 10.3. The van der Waals surface area contributed by atoms with E-state index in [2.05, 4.69) is 57.6 Å². The Morgan fingerprint density at radius 2 is 1.63 bits per heavy atom. The lowest BCUT2D eigenvalue weighted by atomic mass is 9.74. The summed E-state index contributed by atoms with van der Waals surface area (Å²) in [6.45, 7) is 7.61. The van der Waals surface area contributed by atoms with Gasteiger partial charge in [-0.2, -0.15) is 0 Å². The van der Waals surface area contributed by atoms with Gasteiger partial charge in [-0.05, 0) is 86.7 Å². The second kappa shape index (κ2) is 14.6. The van der Waals surface area contributed by atoms with Crippen LogP contribution in [-0.2, 0) is 16.1 Å². The zero-order chi connectivity index (χ0) is 26.7. The lowest BCUT2D eigenvalue weighted by molar-refractivity contribution is -0.139. The maximum absolute atomic E-state index is 13.8. The Labute approximate surface area is 258 Å². The first-order valence-electron chi connectivity index (χ1n) is 15.1. The van der Waals surface area contributed by atoms with Gasteiger partial charge < -0.3 is 19.7 Å². The highest BCUT2D eigenvalue weighted by atomic mass is 35.5. The van der Waals surface area contributed by atoms with Crippen molar-refractivity contribution in [1.29, 1.82) is 0 Å². The van der Waals surface area contributed by atoms with Crippen LogP contribution in [0.5, 0.6) is 5.75 Å². The highest BCUT2D eigenvalue weighted by Crippen LogP contribution is 2.45. The van der Waals surface area contributed by atoms with Crippen LogP contribution in [0, 0.1) is 17.3 Å². The Hall–Kier alpha value is -1.83. The van der Waals surface area contributed by atoms with Crippen molar-refractivity contribution in [2.75, 3.05) is 53.0 Å². The molecule has 4 aliphatic heterocycles. The van der Waals surface area contributed by atoms with E-state index in [1.807, 2.05) is 12.1 Å². The van der Waals surface area contributed by atoms with Gasteiger partial charge in [-0.15, -0.1) is 24.8 Å². The van der Waals surface area contributed by atoms with Crippen LogP contribution in [0.15, 0.2) is 54.6 Å². The summed E-state index contributed by atoms with van der Waals surface area (Å²) in [5.74, 6) is 3.14. The number of carbonyl (C=O) groups is 1. The molecule has 6 nitrogen and oxygen atoms in total. The number of carbonyl (C=O) groups excluding carboxylic acids is 1. The van der Waals surface area contributed by atoms with Crippen molar-refractivity contribution in [3.05, 3.63) is 65.7 Å². The van der Waals surface area contributed by atoms with Crippen LogP contribution in [0.3, 0.4) is 0 Å². The topological polar surface area (TPSA) is 54.0 Å². The van der Waals surface area contributed by atoms with Crippen LogP contribution >= 0.6 is 24.8 Å². The zero-order valence-corrected chi connectivity index (χ0v) is 26.0. The van der Waals surface area contributed by atoms with Crippen molar-refractivity contribution < 1.29 is 14.3 Å². The van der Waals surface area contributed by atoms with E-state index < -0.39 is 0 Å². The number of nitrogens with zero attached hydrogens (tertiary/aromatic N) is 2. The Kier molecular flexibility index (Phi) is 11.4. The van der Waals surface area contributed by atoms with Crippen molar-refractivity contribution >= 4 is 30.7 Å². The van der Waals surface area contributed by atoms with Crippen LogP contribution in [0.2, 0.25) is 0 Å². The van der Waals surface area contributed by atoms with Gasteiger partial charge in [0.05, 0.1) is 12.5 Å². The van der Waals surface area contributed by atoms with Gasteiger partial charge in [0.2, 0.25) is 5.91 Å². The normalized spacial score (nSPS) is 25.5. The van der Waals surface area contributed by atoms with Crippen LogP contribution in [0.25, 0.3) is 0 Å². The fraction of sp³-hybridized carbons (Fsp3) is 0.606. The minimum Gasteiger partial charge on any atom is -0.497 e. The Balaban J connectivity index is 0.00000194. The van der Waals surface area contributed by atoms with Crippen molar-refractivity contribution in [3.63, 3.8) is 0 Å². The molecule has 0 bridgehead atoms. The largest absolute Gasteiger partial charge is 0.497 e. The maximum atomic E-state index is 13.8. The van der Waals surface area contributed by atoms with E-state index in [1.54, 1.807) is 7.11 Å². The van der Waals surface area contributed by atoms with Gasteiger partial charge in [-0.3, -0.25) is 9.69 Å². The summed E-state index contributed by atoms with van der Waals surface area (Å²) in [4.78, 5) is 18.6. The van der Waals surface area contributed by atoms with Crippen molar-refractivity contribution in [3.8, 4) is 5.75 Å². The molecule has 8 heteroatoms. The fourth-order valence-electron chi connectivity index (χ4n) is 7.83. The average molecular weight is 605 g/mol. The molecule has 226 valence electrons. The van der Waals surface area contributed by atoms with Crippen LogP contribution in [-0.4, -0.2) is 74.8 Å². The second-order valence-electron chi connectivity index (χ2n) is 12.3. The van der Waals surface area contributed by atoms with Crippen LogP contribution in [0.1, 0.15) is 55.6 Å². The number of hydrogen-bond acceptors (Lipinski definition) is 5. The van der Waals surface area contributed by atoms with Gasteiger partial charge in [0.15, 0.2) is 0 Å². The third-order valence-electron chi connectivity index (χ3n) is 10.3. The first-order chi connectivity index (χ1) is 19.1. The molecule has 4 aliphatic rings. The molecule has 1 unspecified atom stereocenters. The molecule has 2 aromatic carbocycles. The highest BCUT2D eigenvalue weighted by molar-refractivity contribution is 5.86. The SMILES string of the molecule is COc1ccc(CN2CCC3(CCN(C(CC4CCOCC4)[C@@H]4CNC[C@@H]4c4ccccc4)CC3)C2=O)cc1.Cl.Cl. The number of benzene rings is 2. The van der Waals surface area contributed by atoms with E-state index in [0.29, 0.717) is 30.3 Å². The number of piperidine rings is 1. The molecule has 0 aliphatic carbocycles. The molecule has 1 spiro atoms. The monoisotopic (exact) mass is 603 g/mol. The van der Waals surface area contributed by atoms with E-state index >= 15 is 0 Å². The quantitative estimate of drug-likeness (QED) is 0.429. The molecule has 3 atom stereocenters. The number of likely N-dealkylation sites (tertiary alicyclic amines) is 2. The Morgan fingerprint density at radius 1 is 0.951 bits per heavy atom. The summed E-state index contributed by atoms with van der Waals surface area (Å²) in [6, 6.07) is 19.8. The highest BCUT2D eigenvalue weighted by Gasteiger charge is 2.49. The van der Waals surface area contributed by atoms with E-state index in [4.69, 9.17) is 9.47 Å². The predicted molar refractivity (Wildman–Crippen MR) is 168 cm³/mol. The summed E-state index contributed by atoms with van der Waals surface area (Å²) in [6.07, 6.45) is 6.60. The molecule has 6 rings (SSSR count). The lowest BCUT2D eigenvalue weighted by Gasteiger charge is -2.45. The zero-order valence-electron chi connectivity index (χ0n) is 24.3. The van der Waals surface area contributed by atoms with E-state index in [0.717, 1.165) is 76.9 Å². The molecule has 0 aromatic heterocycles. The number of halogens is 2. The minimum absolute atomic E-state index is 0. The smallest absolute Gasteiger partial charge is 0.229 e. The standard InChI is InChI=1S/C33H45N3O3.2ClH/c1-38-28-9-7-26(8-10-28)24-36-18-15-33(32(36)37)13-16-35(17-14-33)31(21-25-11-19-39-20-12-25)30-23-34-22-29(30)27-5-3-2-4-6-27;;/h2-10,25,29-31,34H,11-24H2,1H3;2*1H/t29-,30-,31?;;/m1../s1. The predicted octanol–water partition coefficient (Wildman–Crippen LogP) is 5.54. The van der Waals surface area contributed by atoms with E-state index in [1.165, 1.54) is 30.4 Å². The molecule has 1 amide bonds. The fourth-order valence-corrected chi connectivity index (χ4v) is 7.83. The average Bonchev–Trinajstić information content (AvgIpc) is 3.59. The van der Waals surface area contributed by atoms with Gasteiger partial charge in [-0.1, -0.05) is 42.5 Å². The molecule has 41 heavy (non-hydrogen) atoms. The molecule has 4 fully saturated rings. The number of ether oxygens (including phenoxy) is 2. The lowest BCUT2D eigenvalue weighted by Crippen LogP contribution is -2.51. The first-order valence-corrected chi connectivity index (χ1v) is 15.1. The first kappa shape index (κ1) is 32.1. The number of hydrogen-bond donors (Lipinski definition) is 1. The number of nitrogens with one attached hydrogen (secondary N) is 1. The number of rotatable bonds is 8. The molecule has 4 saturated heterocycles.